The number of piperidine rings is 1. The molecule has 3 aromatic rings. The minimum atomic E-state index is -3.29. The summed E-state index contributed by atoms with van der Waals surface area (Å²) < 4.78 is 37.4. The second-order valence-corrected chi connectivity index (χ2v) is 13.7. The summed E-state index contributed by atoms with van der Waals surface area (Å²) in [7, 11) is -3.29. The van der Waals surface area contributed by atoms with E-state index in [9.17, 15) is 13.2 Å². The summed E-state index contributed by atoms with van der Waals surface area (Å²) >= 11 is 0. The molecule has 2 aromatic carbocycles. The molecule has 1 fully saturated rings. The Hall–Kier alpha value is -3.39. The molecule has 0 radical (unpaired) electrons. The van der Waals surface area contributed by atoms with E-state index in [1.54, 1.807) is 29.4 Å². The van der Waals surface area contributed by atoms with Gasteiger partial charge in [0.15, 0.2) is 9.84 Å². The van der Waals surface area contributed by atoms with Crippen LogP contribution >= 0.6 is 0 Å². The first-order valence-electron chi connectivity index (χ1n) is 13.5. The SMILES string of the molecule is CC(C)(C)OC(=O)N1CCC2(CCc3cc(-c4ccc(CS(=O)(=O)Cc5cccnc5)cc4)ccc3O2)CC1. The van der Waals surface area contributed by atoms with Gasteiger partial charge in [0.25, 0.3) is 0 Å². The van der Waals surface area contributed by atoms with Crippen LogP contribution in [0.4, 0.5) is 4.79 Å². The average Bonchev–Trinajstić information content (AvgIpc) is 2.88. The van der Waals surface area contributed by atoms with Crippen LogP contribution in [0.25, 0.3) is 11.1 Å². The molecule has 206 valence electrons. The summed E-state index contributed by atoms with van der Waals surface area (Å²) in [6.45, 7) is 6.92. The molecule has 0 aliphatic carbocycles. The number of hydrogen-bond donors (Lipinski definition) is 0. The number of carbonyl (C=O) groups excluding carboxylic acids is 1. The Morgan fingerprint density at radius 2 is 1.67 bits per heavy atom. The first-order chi connectivity index (χ1) is 18.5. The number of hydrogen-bond acceptors (Lipinski definition) is 6. The van der Waals surface area contributed by atoms with E-state index >= 15 is 0 Å². The molecule has 7 nitrogen and oxygen atoms in total. The van der Waals surface area contributed by atoms with Crippen molar-refractivity contribution < 1.29 is 22.7 Å². The fourth-order valence-electron chi connectivity index (χ4n) is 5.31. The fraction of sp³-hybridized carbons (Fsp3) is 0.419. The predicted molar refractivity (Wildman–Crippen MR) is 151 cm³/mol. The lowest BCUT2D eigenvalue weighted by atomic mass is 9.82. The highest BCUT2D eigenvalue weighted by atomic mass is 32.2. The highest BCUT2D eigenvalue weighted by molar-refractivity contribution is 7.89. The first kappa shape index (κ1) is 27.2. The Bertz CT molecular complexity index is 1420. The van der Waals surface area contributed by atoms with Crippen LogP contribution in [-0.4, -0.2) is 48.7 Å². The van der Waals surface area contributed by atoms with Crippen LogP contribution in [0, 0.1) is 0 Å². The van der Waals surface area contributed by atoms with Crippen molar-refractivity contribution in [3.05, 3.63) is 83.7 Å². The van der Waals surface area contributed by atoms with Gasteiger partial charge in [-0.25, -0.2) is 13.2 Å². The third-order valence-electron chi connectivity index (χ3n) is 7.35. The van der Waals surface area contributed by atoms with Crippen molar-refractivity contribution in [3.8, 4) is 16.9 Å². The number of pyridine rings is 1. The van der Waals surface area contributed by atoms with Crippen molar-refractivity contribution in [1.82, 2.24) is 9.88 Å². The van der Waals surface area contributed by atoms with Gasteiger partial charge in [-0.1, -0.05) is 36.4 Å². The van der Waals surface area contributed by atoms with Gasteiger partial charge in [-0.3, -0.25) is 4.98 Å². The quantitative estimate of drug-likeness (QED) is 0.391. The number of amides is 1. The van der Waals surface area contributed by atoms with E-state index in [-0.39, 0.29) is 23.2 Å². The van der Waals surface area contributed by atoms with E-state index < -0.39 is 15.4 Å². The Labute approximate surface area is 231 Å². The van der Waals surface area contributed by atoms with Gasteiger partial charge in [-0.2, -0.15) is 0 Å². The molecule has 1 amide bonds. The maximum absolute atomic E-state index is 12.7. The minimum absolute atomic E-state index is 0.00631. The molecule has 0 N–H and O–H groups in total. The summed E-state index contributed by atoms with van der Waals surface area (Å²) in [6.07, 6.45) is 6.39. The van der Waals surface area contributed by atoms with Crippen LogP contribution < -0.4 is 4.74 Å². The maximum Gasteiger partial charge on any atom is 0.410 e. The molecule has 2 aliphatic rings. The van der Waals surface area contributed by atoms with E-state index in [2.05, 4.69) is 17.1 Å². The zero-order chi connectivity index (χ0) is 27.7. The molecular weight excluding hydrogens is 512 g/mol. The number of sulfone groups is 1. The summed E-state index contributed by atoms with van der Waals surface area (Å²) in [5, 5.41) is 0. The number of rotatable bonds is 5. The van der Waals surface area contributed by atoms with Crippen LogP contribution in [0.15, 0.2) is 67.0 Å². The lowest BCUT2D eigenvalue weighted by Gasteiger charge is -2.44. The Morgan fingerprint density at radius 3 is 2.33 bits per heavy atom. The molecule has 5 rings (SSSR count). The minimum Gasteiger partial charge on any atom is -0.487 e. The number of fused-ring (bicyclic) bond motifs is 1. The van der Waals surface area contributed by atoms with Crippen LogP contribution in [-0.2, 0) is 32.5 Å². The van der Waals surface area contributed by atoms with E-state index in [0.717, 1.165) is 48.1 Å². The number of ether oxygens (including phenoxy) is 2. The van der Waals surface area contributed by atoms with Gasteiger partial charge in [0.05, 0.1) is 11.5 Å². The van der Waals surface area contributed by atoms with E-state index in [1.165, 1.54) is 5.56 Å². The van der Waals surface area contributed by atoms with Gasteiger partial charge in [0.1, 0.15) is 17.0 Å². The lowest BCUT2D eigenvalue weighted by Crippen LogP contribution is -2.52. The lowest BCUT2D eigenvalue weighted by molar-refractivity contribution is -0.0272. The average molecular weight is 549 g/mol. The molecule has 3 heterocycles. The van der Waals surface area contributed by atoms with Crippen molar-refractivity contribution in [2.45, 2.75) is 69.2 Å². The molecule has 8 heteroatoms. The van der Waals surface area contributed by atoms with E-state index in [0.29, 0.717) is 18.7 Å². The van der Waals surface area contributed by atoms with Crippen LogP contribution in [0.5, 0.6) is 5.75 Å². The largest absolute Gasteiger partial charge is 0.487 e. The number of nitrogens with zero attached hydrogens (tertiary/aromatic N) is 2. The van der Waals surface area contributed by atoms with Crippen molar-refractivity contribution in [1.29, 1.82) is 0 Å². The number of aryl methyl sites for hydroxylation is 1. The molecule has 2 aliphatic heterocycles. The predicted octanol–water partition coefficient (Wildman–Crippen LogP) is 5.96. The third-order valence-corrected chi connectivity index (χ3v) is 8.89. The zero-order valence-corrected chi connectivity index (χ0v) is 23.7. The van der Waals surface area contributed by atoms with E-state index in [1.807, 2.05) is 51.1 Å². The number of benzene rings is 2. The molecule has 39 heavy (non-hydrogen) atoms. The maximum atomic E-state index is 12.7. The van der Waals surface area contributed by atoms with Crippen molar-refractivity contribution in [2.24, 2.45) is 0 Å². The molecule has 1 aromatic heterocycles. The van der Waals surface area contributed by atoms with Gasteiger partial charge in [-0.15, -0.1) is 0 Å². The molecule has 1 spiro atoms. The monoisotopic (exact) mass is 548 g/mol. The van der Waals surface area contributed by atoms with E-state index in [4.69, 9.17) is 9.47 Å². The molecule has 0 bridgehead atoms. The first-order valence-corrected chi connectivity index (χ1v) is 15.3. The summed E-state index contributed by atoms with van der Waals surface area (Å²) in [5.41, 5.74) is 4.02. The fourth-order valence-corrected chi connectivity index (χ4v) is 6.79. The molecule has 0 unspecified atom stereocenters. The molecule has 0 saturated carbocycles. The Kier molecular flexibility index (Phi) is 7.42. The highest BCUT2D eigenvalue weighted by Crippen LogP contribution is 2.41. The summed E-state index contributed by atoms with van der Waals surface area (Å²) in [4.78, 5) is 18.2. The Morgan fingerprint density at radius 1 is 0.974 bits per heavy atom. The van der Waals surface area contributed by atoms with Crippen molar-refractivity contribution in [2.75, 3.05) is 13.1 Å². The number of carbonyl (C=O) groups is 1. The van der Waals surface area contributed by atoms with Crippen LogP contribution in [0.2, 0.25) is 0 Å². The van der Waals surface area contributed by atoms with Gasteiger partial charge >= 0.3 is 6.09 Å². The van der Waals surface area contributed by atoms with Gasteiger partial charge in [0.2, 0.25) is 0 Å². The topological polar surface area (TPSA) is 85.8 Å². The highest BCUT2D eigenvalue weighted by Gasteiger charge is 2.41. The third kappa shape index (κ3) is 6.79. The van der Waals surface area contributed by atoms with Crippen LogP contribution in [0.1, 0.15) is 56.7 Å². The standard InChI is InChI=1S/C31H36N2O5S/c1-30(2,3)38-29(34)33-17-14-31(15-18-33)13-12-27-19-26(10-11-28(27)37-31)25-8-6-23(7-9-25)21-39(35,36)22-24-5-4-16-32-20-24/h4-11,16,19-20H,12-15,17-18,21-22H2,1-3H3. The second kappa shape index (κ2) is 10.6. The van der Waals surface area contributed by atoms with Crippen molar-refractivity contribution >= 4 is 15.9 Å². The summed E-state index contributed by atoms with van der Waals surface area (Å²) in [5.74, 6) is 0.885. The molecular formula is C31H36N2O5S. The number of likely N-dealkylation sites (tertiary alicyclic amines) is 1. The molecule has 0 atom stereocenters. The van der Waals surface area contributed by atoms with Crippen LogP contribution in [0.3, 0.4) is 0 Å². The normalized spacial score (nSPS) is 16.8. The van der Waals surface area contributed by atoms with Gasteiger partial charge in [0, 0.05) is 38.3 Å². The summed E-state index contributed by atoms with van der Waals surface area (Å²) in [6, 6.07) is 17.5. The second-order valence-electron chi connectivity index (χ2n) is 11.7. The van der Waals surface area contributed by atoms with Crippen molar-refractivity contribution in [3.63, 3.8) is 0 Å². The zero-order valence-electron chi connectivity index (χ0n) is 22.9. The molecule has 1 saturated heterocycles. The number of aromatic nitrogens is 1. The Balaban J connectivity index is 1.21. The van der Waals surface area contributed by atoms with Gasteiger partial charge in [-0.05, 0) is 79.6 Å². The smallest absolute Gasteiger partial charge is 0.410 e. The van der Waals surface area contributed by atoms with Gasteiger partial charge < -0.3 is 14.4 Å².